The van der Waals surface area contributed by atoms with E-state index in [2.05, 4.69) is 0 Å². The molecular formula is C9H8ClNO3. The Labute approximate surface area is 85.6 Å². The van der Waals surface area contributed by atoms with Gasteiger partial charge in [-0.3, -0.25) is 14.9 Å². The second-order valence-corrected chi connectivity index (χ2v) is 3.32. The Morgan fingerprint density at radius 1 is 1.50 bits per heavy atom. The van der Waals surface area contributed by atoms with Crippen molar-refractivity contribution < 1.29 is 9.72 Å². The van der Waals surface area contributed by atoms with E-state index < -0.39 is 4.92 Å². The zero-order valence-corrected chi connectivity index (χ0v) is 8.46. The van der Waals surface area contributed by atoms with E-state index in [1.165, 1.54) is 19.1 Å². The van der Waals surface area contributed by atoms with Crippen LogP contribution >= 0.6 is 11.6 Å². The van der Waals surface area contributed by atoms with E-state index in [4.69, 9.17) is 11.6 Å². The van der Waals surface area contributed by atoms with Gasteiger partial charge < -0.3 is 0 Å². The lowest BCUT2D eigenvalue weighted by atomic mass is 10.1. The average molecular weight is 214 g/mol. The van der Waals surface area contributed by atoms with Crippen LogP contribution in [0.15, 0.2) is 12.1 Å². The Bertz CT molecular complexity index is 415. The van der Waals surface area contributed by atoms with Gasteiger partial charge in [-0.25, -0.2) is 0 Å². The molecule has 0 bridgehead atoms. The summed E-state index contributed by atoms with van der Waals surface area (Å²) in [6.07, 6.45) is 0. The smallest absolute Gasteiger partial charge is 0.270 e. The van der Waals surface area contributed by atoms with Gasteiger partial charge >= 0.3 is 0 Å². The Morgan fingerprint density at radius 3 is 2.50 bits per heavy atom. The summed E-state index contributed by atoms with van der Waals surface area (Å²) in [6, 6.07) is 2.53. The number of hydrogen-bond donors (Lipinski definition) is 0. The second-order valence-electron chi connectivity index (χ2n) is 2.94. The lowest BCUT2D eigenvalue weighted by Gasteiger charge is -2.03. The number of benzene rings is 1. The first-order valence-corrected chi connectivity index (χ1v) is 4.26. The minimum Gasteiger partial charge on any atom is -0.294 e. The number of nitro benzene ring substituents is 1. The molecule has 0 radical (unpaired) electrons. The Kier molecular flexibility index (Phi) is 2.86. The van der Waals surface area contributed by atoms with Crippen LogP contribution in [0.2, 0.25) is 5.02 Å². The Morgan fingerprint density at radius 2 is 2.07 bits per heavy atom. The zero-order chi connectivity index (χ0) is 10.9. The molecule has 0 unspecified atom stereocenters. The van der Waals surface area contributed by atoms with Crippen molar-refractivity contribution in [3.63, 3.8) is 0 Å². The molecule has 1 rings (SSSR count). The quantitative estimate of drug-likeness (QED) is 0.431. The van der Waals surface area contributed by atoms with Gasteiger partial charge in [0.1, 0.15) is 0 Å². The van der Waals surface area contributed by atoms with Gasteiger partial charge in [0.05, 0.1) is 9.95 Å². The third-order valence-corrected chi connectivity index (χ3v) is 2.33. The third kappa shape index (κ3) is 1.90. The van der Waals surface area contributed by atoms with Gasteiger partial charge in [0.25, 0.3) is 5.69 Å². The molecule has 0 heterocycles. The number of halogens is 1. The first-order chi connectivity index (χ1) is 6.43. The first-order valence-electron chi connectivity index (χ1n) is 3.89. The maximum absolute atomic E-state index is 11.1. The van der Waals surface area contributed by atoms with Crippen molar-refractivity contribution in [3.05, 3.63) is 38.4 Å². The number of aryl methyl sites for hydroxylation is 1. The second kappa shape index (κ2) is 3.75. The highest BCUT2D eigenvalue weighted by Gasteiger charge is 2.15. The van der Waals surface area contributed by atoms with Crippen molar-refractivity contribution in [2.45, 2.75) is 13.8 Å². The molecule has 5 heteroatoms. The van der Waals surface area contributed by atoms with Gasteiger partial charge in [-0.1, -0.05) is 11.6 Å². The zero-order valence-electron chi connectivity index (χ0n) is 7.70. The van der Waals surface area contributed by atoms with Gasteiger partial charge in [-0.15, -0.1) is 0 Å². The predicted octanol–water partition coefficient (Wildman–Crippen LogP) is 2.76. The van der Waals surface area contributed by atoms with Crippen LogP contribution in [0.1, 0.15) is 22.8 Å². The highest BCUT2D eigenvalue weighted by molar-refractivity contribution is 6.34. The normalized spacial score (nSPS) is 9.93. The lowest BCUT2D eigenvalue weighted by Crippen LogP contribution is -1.98. The fourth-order valence-corrected chi connectivity index (χ4v) is 1.35. The van der Waals surface area contributed by atoms with Crippen molar-refractivity contribution in [1.29, 1.82) is 0 Å². The number of nitro groups is 1. The molecule has 14 heavy (non-hydrogen) atoms. The fourth-order valence-electron chi connectivity index (χ4n) is 1.11. The molecule has 1 aromatic carbocycles. The fraction of sp³-hybridized carbons (Fsp3) is 0.222. The van der Waals surface area contributed by atoms with Gasteiger partial charge in [-0.05, 0) is 19.4 Å². The SMILES string of the molecule is CC(=O)c1cc([N+](=O)[O-])cc(C)c1Cl. The van der Waals surface area contributed by atoms with E-state index in [1.807, 2.05) is 0 Å². The molecule has 0 aliphatic rings. The molecule has 0 N–H and O–H groups in total. The molecule has 0 atom stereocenters. The number of ketones is 1. The Balaban J connectivity index is 3.43. The maximum atomic E-state index is 11.1. The van der Waals surface area contributed by atoms with Crippen LogP contribution in [0.5, 0.6) is 0 Å². The molecule has 0 saturated carbocycles. The van der Waals surface area contributed by atoms with Crippen molar-refractivity contribution in [1.82, 2.24) is 0 Å². The largest absolute Gasteiger partial charge is 0.294 e. The molecule has 1 aromatic rings. The van der Waals surface area contributed by atoms with Crippen LogP contribution in [0, 0.1) is 17.0 Å². The summed E-state index contributed by atoms with van der Waals surface area (Å²) in [5.41, 5.74) is 0.613. The molecule has 0 saturated heterocycles. The van der Waals surface area contributed by atoms with E-state index in [0.717, 1.165) is 0 Å². The molecule has 0 aromatic heterocycles. The van der Waals surface area contributed by atoms with Gasteiger partial charge in [0.2, 0.25) is 0 Å². The van der Waals surface area contributed by atoms with E-state index >= 15 is 0 Å². The van der Waals surface area contributed by atoms with Crippen molar-refractivity contribution in [2.24, 2.45) is 0 Å². The van der Waals surface area contributed by atoms with Crippen LogP contribution < -0.4 is 0 Å². The number of rotatable bonds is 2. The number of carbonyl (C=O) groups excluding carboxylic acids is 1. The van der Waals surface area contributed by atoms with E-state index in [1.54, 1.807) is 6.92 Å². The summed E-state index contributed by atoms with van der Waals surface area (Å²) in [5, 5.41) is 10.8. The standard InChI is InChI=1S/C9H8ClNO3/c1-5-3-7(11(13)14)4-8(6(2)12)9(5)10/h3-4H,1-2H3. The lowest BCUT2D eigenvalue weighted by molar-refractivity contribution is -0.384. The van der Waals surface area contributed by atoms with Crippen LogP contribution in [0.4, 0.5) is 5.69 Å². The van der Waals surface area contributed by atoms with Crippen molar-refractivity contribution >= 4 is 23.1 Å². The predicted molar refractivity (Wildman–Crippen MR) is 52.8 cm³/mol. The van der Waals surface area contributed by atoms with E-state index in [-0.39, 0.29) is 22.1 Å². The average Bonchev–Trinajstić information content (AvgIpc) is 2.08. The first kappa shape index (κ1) is 10.7. The van der Waals surface area contributed by atoms with Crippen LogP contribution in [0.3, 0.4) is 0 Å². The van der Waals surface area contributed by atoms with Crippen LogP contribution in [0.25, 0.3) is 0 Å². The summed E-state index contributed by atoms with van der Waals surface area (Å²) in [7, 11) is 0. The van der Waals surface area contributed by atoms with Gasteiger partial charge in [0, 0.05) is 17.7 Å². The molecule has 74 valence electrons. The van der Waals surface area contributed by atoms with Crippen molar-refractivity contribution in [3.8, 4) is 0 Å². The highest BCUT2D eigenvalue weighted by atomic mass is 35.5. The Hall–Kier alpha value is -1.42. The minimum absolute atomic E-state index is 0.114. The van der Waals surface area contributed by atoms with Crippen LogP contribution in [-0.2, 0) is 0 Å². The summed E-state index contributed by atoms with van der Waals surface area (Å²) < 4.78 is 0. The number of carbonyl (C=O) groups is 1. The molecular weight excluding hydrogens is 206 g/mol. The topological polar surface area (TPSA) is 60.2 Å². The molecule has 0 aliphatic carbocycles. The van der Waals surface area contributed by atoms with E-state index in [0.29, 0.717) is 5.56 Å². The summed E-state index contributed by atoms with van der Waals surface area (Å²) in [6.45, 7) is 2.95. The van der Waals surface area contributed by atoms with Crippen LogP contribution in [-0.4, -0.2) is 10.7 Å². The number of non-ortho nitro benzene ring substituents is 1. The minimum atomic E-state index is -0.546. The highest BCUT2D eigenvalue weighted by Crippen LogP contribution is 2.26. The molecule has 4 nitrogen and oxygen atoms in total. The molecule has 0 spiro atoms. The maximum Gasteiger partial charge on any atom is 0.270 e. The number of nitrogens with zero attached hydrogens (tertiary/aromatic N) is 1. The van der Waals surface area contributed by atoms with E-state index in [9.17, 15) is 14.9 Å². The number of Topliss-reactive ketones (excluding diaryl/α,β-unsaturated/α-hetero) is 1. The summed E-state index contributed by atoms with van der Waals surface area (Å²) in [4.78, 5) is 21.0. The number of hydrogen-bond acceptors (Lipinski definition) is 3. The third-order valence-electron chi connectivity index (χ3n) is 1.83. The van der Waals surface area contributed by atoms with Gasteiger partial charge in [-0.2, -0.15) is 0 Å². The molecule has 0 aliphatic heterocycles. The summed E-state index contributed by atoms with van der Waals surface area (Å²) >= 11 is 5.82. The van der Waals surface area contributed by atoms with Crippen molar-refractivity contribution in [2.75, 3.05) is 0 Å². The summed E-state index contributed by atoms with van der Waals surface area (Å²) in [5.74, 6) is -0.276. The molecule has 0 fully saturated rings. The molecule has 0 amide bonds. The monoisotopic (exact) mass is 213 g/mol. The van der Waals surface area contributed by atoms with Gasteiger partial charge in [0.15, 0.2) is 5.78 Å².